The zero-order valence-electron chi connectivity index (χ0n) is 9.38. The number of nitrogens with one attached hydrogen (secondary N) is 1. The number of rotatable bonds is 4. The van der Waals surface area contributed by atoms with E-state index in [0.717, 1.165) is 25.9 Å². The van der Waals surface area contributed by atoms with Crippen LogP contribution in [0.3, 0.4) is 0 Å². The molecule has 1 aliphatic rings. The normalized spacial score (nSPS) is 23.9. The van der Waals surface area contributed by atoms with Crippen molar-refractivity contribution in [1.82, 2.24) is 5.32 Å². The summed E-state index contributed by atoms with van der Waals surface area (Å²) in [5.41, 5.74) is 0. The van der Waals surface area contributed by atoms with Gasteiger partial charge in [0.25, 0.3) is 0 Å². The first kappa shape index (κ1) is 11.5. The molecule has 14 heavy (non-hydrogen) atoms. The van der Waals surface area contributed by atoms with Crippen molar-refractivity contribution in [2.45, 2.75) is 39.7 Å². The molecule has 0 saturated carbocycles. The van der Waals surface area contributed by atoms with E-state index >= 15 is 0 Å². The molecule has 0 aliphatic carbocycles. The third-order valence-electron chi connectivity index (χ3n) is 2.51. The summed E-state index contributed by atoms with van der Waals surface area (Å²) in [6.07, 6.45) is 1.93. The van der Waals surface area contributed by atoms with Gasteiger partial charge in [-0.3, -0.25) is 4.79 Å². The third kappa shape index (κ3) is 3.66. The number of hydrogen-bond acceptors (Lipinski definition) is 3. The number of carbonyl (C=O) groups is 1. The van der Waals surface area contributed by atoms with E-state index in [1.165, 1.54) is 0 Å². The first-order chi connectivity index (χ1) is 6.59. The molecule has 1 saturated heterocycles. The van der Waals surface area contributed by atoms with E-state index in [1.807, 2.05) is 6.92 Å². The Labute approximate surface area is 86.2 Å². The molecule has 0 aromatic carbocycles. The fourth-order valence-corrected chi connectivity index (χ4v) is 1.86. The molecule has 0 bridgehead atoms. The molecule has 1 N–H and O–H groups in total. The molecule has 1 fully saturated rings. The van der Waals surface area contributed by atoms with Crippen molar-refractivity contribution in [2.75, 3.05) is 13.1 Å². The average molecular weight is 199 g/mol. The van der Waals surface area contributed by atoms with Crippen LogP contribution in [0, 0.1) is 11.8 Å². The Morgan fingerprint density at radius 3 is 2.71 bits per heavy atom. The van der Waals surface area contributed by atoms with E-state index in [9.17, 15) is 4.79 Å². The summed E-state index contributed by atoms with van der Waals surface area (Å²) in [7, 11) is 0. The molecule has 3 nitrogen and oxygen atoms in total. The van der Waals surface area contributed by atoms with Gasteiger partial charge in [0.2, 0.25) is 0 Å². The highest BCUT2D eigenvalue weighted by atomic mass is 16.5. The van der Waals surface area contributed by atoms with Crippen molar-refractivity contribution in [1.29, 1.82) is 0 Å². The summed E-state index contributed by atoms with van der Waals surface area (Å²) >= 11 is 0. The van der Waals surface area contributed by atoms with Gasteiger partial charge < -0.3 is 10.1 Å². The molecule has 2 unspecified atom stereocenters. The molecule has 82 valence electrons. The Morgan fingerprint density at radius 2 is 2.21 bits per heavy atom. The Bertz CT molecular complexity index is 186. The highest BCUT2D eigenvalue weighted by Crippen LogP contribution is 2.14. The smallest absolute Gasteiger partial charge is 0.310 e. The van der Waals surface area contributed by atoms with Gasteiger partial charge in [0, 0.05) is 6.54 Å². The van der Waals surface area contributed by atoms with Gasteiger partial charge in [0.1, 0.15) is 0 Å². The summed E-state index contributed by atoms with van der Waals surface area (Å²) in [5.74, 6) is 0.646. The highest BCUT2D eigenvalue weighted by molar-refractivity contribution is 5.73. The number of ether oxygens (including phenoxy) is 1. The van der Waals surface area contributed by atoms with E-state index in [-0.39, 0.29) is 18.0 Å². The topological polar surface area (TPSA) is 38.3 Å². The lowest BCUT2D eigenvalue weighted by Crippen LogP contribution is -2.25. The standard InChI is InChI=1S/C11H21NO2/c1-8(2)6-9(3)14-11(13)10-4-5-12-7-10/h8-10,12H,4-7H2,1-3H3. The van der Waals surface area contributed by atoms with Gasteiger partial charge in [-0.05, 0) is 32.2 Å². The Hall–Kier alpha value is -0.570. The minimum absolute atomic E-state index is 0.0249. The van der Waals surface area contributed by atoms with Crippen LogP contribution in [0.2, 0.25) is 0 Å². The monoisotopic (exact) mass is 199 g/mol. The number of carbonyl (C=O) groups excluding carboxylic acids is 1. The second kappa shape index (κ2) is 5.35. The molecule has 1 heterocycles. The molecule has 0 amide bonds. The minimum atomic E-state index is -0.0249. The van der Waals surface area contributed by atoms with Crippen LogP contribution in [0.15, 0.2) is 0 Å². The highest BCUT2D eigenvalue weighted by Gasteiger charge is 2.25. The quantitative estimate of drug-likeness (QED) is 0.698. The Balaban J connectivity index is 2.25. The predicted octanol–water partition coefficient (Wildman–Crippen LogP) is 1.57. The predicted molar refractivity (Wildman–Crippen MR) is 56.0 cm³/mol. The van der Waals surface area contributed by atoms with E-state index in [2.05, 4.69) is 19.2 Å². The molecule has 0 aromatic heterocycles. The van der Waals surface area contributed by atoms with Crippen molar-refractivity contribution in [3.63, 3.8) is 0 Å². The van der Waals surface area contributed by atoms with Crippen LogP contribution in [-0.2, 0) is 9.53 Å². The van der Waals surface area contributed by atoms with Crippen LogP contribution < -0.4 is 5.32 Å². The maximum absolute atomic E-state index is 11.6. The van der Waals surface area contributed by atoms with Crippen molar-refractivity contribution < 1.29 is 9.53 Å². The molecular formula is C11H21NO2. The maximum atomic E-state index is 11.6. The van der Waals surface area contributed by atoms with Crippen molar-refractivity contribution in [3.05, 3.63) is 0 Å². The average Bonchev–Trinajstić information content (AvgIpc) is 2.53. The van der Waals surface area contributed by atoms with E-state index < -0.39 is 0 Å². The van der Waals surface area contributed by atoms with Gasteiger partial charge in [-0.15, -0.1) is 0 Å². The summed E-state index contributed by atoms with van der Waals surface area (Å²) in [5, 5.41) is 3.17. The summed E-state index contributed by atoms with van der Waals surface area (Å²) in [6.45, 7) is 7.98. The molecule has 1 aliphatic heterocycles. The van der Waals surface area contributed by atoms with Crippen molar-refractivity contribution >= 4 is 5.97 Å². The van der Waals surface area contributed by atoms with E-state index in [1.54, 1.807) is 0 Å². The lowest BCUT2D eigenvalue weighted by atomic mass is 10.1. The fraction of sp³-hybridized carbons (Fsp3) is 0.909. The van der Waals surface area contributed by atoms with Gasteiger partial charge >= 0.3 is 5.97 Å². The van der Waals surface area contributed by atoms with Crippen LogP contribution in [0.25, 0.3) is 0 Å². The number of esters is 1. The molecule has 0 spiro atoms. The second-order valence-corrected chi connectivity index (χ2v) is 4.57. The lowest BCUT2D eigenvalue weighted by molar-refractivity contribution is -0.153. The minimum Gasteiger partial charge on any atom is -0.462 e. The van der Waals surface area contributed by atoms with Crippen LogP contribution >= 0.6 is 0 Å². The largest absolute Gasteiger partial charge is 0.462 e. The number of hydrogen-bond donors (Lipinski definition) is 1. The first-order valence-corrected chi connectivity index (χ1v) is 5.50. The second-order valence-electron chi connectivity index (χ2n) is 4.57. The SMILES string of the molecule is CC(C)CC(C)OC(=O)C1CCNC1. The lowest BCUT2D eigenvalue weighted by Gasteiger charge is -2.17. The molecule has 0 aromatic rings. The van der Waals surface area contributed by atoms with E-state index in [0.29, 0.717) is 5.92 Å². The van der Waals surface area contributed by atoms with Crippen LogP contribution in [-0.4, -0.2) is 25.2 Å². The van der Waals surface area contributed by atoms with E-state index in [4.69, 9.17) is 4.74 Å². The van der Waals surface area contributed by atoms with Gasteiger partial charge in [-0.1, -0.05) is 13.8 Å². The maximum Gasteiger partial charge on any atom is 0.310 e. The summed E-state index contributed by atoms with van der Waals surface area (Å²) in [6, 6.07) is 0. The summed E-state index contributed by atoms with van der Waals surface area (Å²) < 4.78 is 5.37. The van der Waals surface area contributed by atoms with Gasteiger partial charge in [-0.25, -0.2) is 0 Å². The third-order valence-corrected chi connectivity index (χ3v) is 2.51. The first-order valence-electron chi connectivity index (χ1n) is 5.50. The molecule has 0 radical (unpaired) electrons. The Morgan fingerprint density at radius 1 is 1.50 bits per heavy atom. The fourth-order valence-electron chi connectivity index (χ4n) is 1.86. The van der Waals surface area contributed by atoms with Gasteiger partial charge in [-0.2, -0.15) is 0 Å². The van der Waals surface area contributed by atoms with Gasteiger partial charge in [0.05, 0.1) is 12.0 Å². The molecule has 1 rings (SSSR count). The molecular weight excluding hydrogens is 178 g/mol. The molecule has 2 atom stereocenters. The molecule has 3 heteroatoms. The Kier molecular flexibility index (Phi) is 4.39. The van der Waals surface area contributed by atoms with Gasteiger partial charge in [0.15, 0.2) is 0 Å². The zero-order chi connectivity index (χ0) is 10.6. The summed E-state index contributed by atoms with van der Waals surface area (Å²) in [4.78, 5) is 11.6. The van der Waals surface area contributed by atoms with Crippen molar-refractivity contribution in [3.8, 4) is 0 Å². The van der Waals surface area contributed by atoms with Crippen molar-refractivity contribution in [2.24, 2.45) is 11.8 Å². The van der Waals surface area contributed by atoms with Crippen LogP contribution in [0.1, 0.15) is 33.6 Å². The van der Waals surface area contributed by atoms with Crippen LogP contribution in [0.5, 0.6) is 0 Å². The van der Waals surface area contributed by atoms with Crippen LogP contribution in [0.4, 0.5) is 0 Å². The zero-order valence-corrected chi connectivity index (χ0v) is 9.38.